The monoisotopic (exact) mass is 425 g/mol. The number of carbonyl (C=O) groups excluding carboxylic acids is 3. The van der Waals surface area contributed by atoms with Crippen molar-refractivity contribution < 1.29 is 14.4 Å². The van der Waals surface area contributed by atoms with Gasteiger partial charge >= 0.3 is 0 Å². The van der Waals surface area contributed by atoms with E-state index in [0.29, 0.717) is 24.5 Å². The van der Waals surface area contributed by atoms with Crippen molar-refractivity contribution in [3.8, 4) is 0 Å². The molecule has 2 aliphatic rings. The molecule has 0 saturated carbocycles. The van der Waals surface area contributed by atoms with Crippen LogP contribution in [0.1, 0.15) is 47.5 Å². The number of amides is 3. The number of benzene rings is 1. The first-order chi connectivity index (χ1) is 14.5. The fraction of sp³-hybridized carbons (Fsp3) is 0.435. The molecule has 1 N–H and O–H groups in total. The molecule has 3 heterocycles. The van der Waals surface area contributed by atoms with E-state index in [9.17, 15) is 14.4 Å². The largest absolute Gasteiger partial charge is 0.348 e. The SMILES string of the molecule is CC(c1ccccc1)N1CC(C(=O)N2CCC(NC(=O)c3cccs3)CC2)CC1=O. The lowest BCUT2D eigenvalue weighted by Gasteiger charge is -2.34. The molecule has 1 aromatic heterocycles. The summed E-state index contributed by atoms with van der Waals surface area (Å²) >= 11 is 1.43. The van der Waals surface area contributed by atoms with Crippen LogP contribution in [0.25, 0.3) is 0 Å². The summed E-state index contributed by atoms with van der Waals surface area (Å²) in [6.45, 7) is 3.73. The second-order valence-electron chi connectivity index (χ2n) is 8.08. The van der Waals surface area contributed by atoms with Gasteiger partial charge in [0.2, 0.25) is 11.8 Å². The molecule has 1 aromatic carbocycles. The van der Waals surface area contributed by atoms with E-state index in [1.807, 2.05) is 64.6 Å². The van der Waals surface area contributed by atoms with Gasteiger partial charge in [-0.2, -0.15) is 0 Å². The number of thiophene rings is 1. The Hall–Kier alpha value is -2.67. The van der Waals surface area contributed by atoms with Crippen molar-refractivity contribution in [1.29, 1.82) is 0 Å². The highest BCUT2D eigenvalue weighted by atomic mass is 32.1. The minimum Gasteiger partial charge on any atom is -0.348 e. The average molecular weight is 426 g/mol. The number of hydrogen-bond acceptors (Lipinski definition) is 4. The van der Waals surface area contributed by atoms with Gasteiger partial charge in [0.05, 0.1) is 16.8 Å². The second kappa shape index (κ2) is 9.00. The number of likely N-dealkylation sites (tertiary alicyclic amines) is 2. The zero-order chi connectivity index (χ0) is 21.1. The summed E-state index contributed by atoms with van der Waals surface area (Å²) in [5.41, 5.74) is 1.08. The number of hydrogen-bond donors (Lipinski definition) is 1. The zero-order valence-corrected chi connectivity index (χ0v) is 17.9. The molecular weight excluding hydrogens is 398 g/mol. The summed E-state index contributed by atoms with van der Waals surface area (Å²) in [4.78, 5) is 42.2. The fourth-order valence-corrected chi connectivity index (χ4v) is 4.98. The lowest BCUT2D eigenvalue weighted by Crippen LogP contribution is -2.48. The Morgan fingerprint density at radius 2 is 1.83 bits per heavy atom. The molecule has 2 unspecified atom stereocenters. The third-order valence-corrected chi connectivity index (χ3v) is 7.01. The molecule has 4 rings (SSSR count). The van der Waals surface area contributed by atoms with Gasteiger partial charge in [-0.25, -0.2) is 0 Å². The number of rotatable bonds is 5. The van der Waals surface area contributed by atoms with Gasteiger partial charge in [-0.3, -0.25) is 14.4 Å². The third kappa shape index (κ3) is 4.41. The van der Waals surface area contributed by atoms with Crippen LogP contribution in [0.5, 0.6) is 0 Å². The van der Waals surface area contributed by atoms with Crippen LogP contribution in [0.3, 0.4) is 0 Å². The normalized spacial score (nSPS) is 21.0. The standard InChI is InChI=1S/C23H27N3O3S/c1-16(17-6-3-2-4-7-17)26-15-18(14-21(26)27)23(29)25-11-9-19(10-12-25)24-22(28)20-8-5-13-30-20/h2-8,13,16,18-19H,9-12,14-15H2,1H3,(H,24,28). The Balaban J connectivity index is 1.29. The highest BCUT2D eigenvalue weighted by molar-refractivity contribution is 7.12. The van der Waals surface area contributed by atoms with Gasteiger partial charge < -0.3 is 15.1 Å². The molecule has 6 nitrogen and oxygen atoms in total. The number of piperidine rings is 1. The molecule has 158 valence electrons. The van der Waals surface area contributed by atoms with Crippen LogP contribution in [0.2, 0.25) is 0 Å². The topological polar surface area (TPSA) is 69.7 Å². The molecule has 2 fully saturated rings. The van der Waals surface area contributed by atoms with Gasteiger partial charge in [-0.05, 0) is 36.8 Å². The van der Waals surface area contributed by atoms with Crippen molar-refractivity contribution >= 4 is 29.1 Å². The summed E-state index contributed by atoms with van der Waals surface area (Å²) in [5.74, 6) is -0.209. The molecule has 2 saturated heterocycles. The Morgan fingerprint density at radius 3 is 2.50 bits per heavy atom. The summed E-state index contributed by atoms with van der Waals surface area (Å²) in [5, 5.41) is 4.96. The van der Waals surface area contributed by atoms with Crippen LogP contribution >= 0.6 is 11.3 Å². The van der Waals surface area contributed by atoms with Crippen molar-refractivity contribution in [2.45, 2.75) is 38.3 Å². The summed E-state index contributed by atoms with van der Waals surface area (Å²) in [6.07, 6.45) is 1.77. The lowest BCUT2D eigenvalue weighted by atomic mass is 10.0. The lowest BCUT2D eigenvalue weighted by molar-refractivity contribution is -0.136. The first-order valence-corrected chi connectivity index (χ1v) is 11.4. The van der Waals surface area contributed by atoms with E-state index in [2.05, 4.69) is 5.32 Å². The highest BCUT2D eigenvalue weighted by Crippen LogP contribution is 2.30. The minimum absolute atomic E-state index is 0.0327. The van der Waals surface area contributed by atoms with Crippen LogP contribution < -0.4 is 5.32 Å². The summed E-state index contributed by atoms with van der Waals surface area (Å²) in [7, 11) is 0. The van der Waals surface area contributed by atoms with Gasteiger partial charge in [-0.15, -0.1) is 11.3 Å². The first kappa shape index (κ1) is 20.6. The number of nitrogens with zero attached hydrogens (tertiary/aromatic N) is 2. The molecule has 0 aliphatic carbocycles. The molecule has 2 aromatic rings. The van der Waals surface area contributed by atoms with E-state index < -0.39 is 0 Å². The van der Waals surface area contributed by atoms with Gasteiger partial charge in [0.25, 0.3) is 5.91 Å². The summed E-state index contributed by atoms with van der Waals surface area (Å²) < 4.78 is 0. The molecule has 30 heavy (non-hydrogen) atoms. The Kier molecular flexibility index (Phi) is 6.18. The maximum atomic E-state index is 13.0. The Morgan fingerprint density at radius 1 is 1.10 bits per heavy atom. The predicted octanol–water partition coefficient (Wildman–Crippen LogP) is 3.08. The molecule has 2 atom stereocenters. The molecule has 0 bridgehead atoms. The van der Waals surface area contributed by atoms with Crippen molar-refractivity contribution in [3.05, 3.63) is 58.3 Å². The summed E-state index contributed by atoms with van der Waals surface area (Å²) in [6, 6.07) is 13.7. The van der Waals surface area contributed by atoms with Crippen LogP contribution in [-0.2, 0) is 9.59 Å². The van der Waals surface area contributed by atoms with Gasteiger partial charge in [0.15, 0.2) is 0 Å². The quantitative estimate of drug-likeness (QED) is 0.800. The molecule has 2 aliphatic heterocycles. The minimum atomic E-state index is -0.277. The van der Waals surface area contributed by atoms with E-state index in [1.54, 1.807) is 0 Å². The Bertz CT molecular complexity index is 892. The smallest absolute Gasteiger partial charge is 0.261 e. The predicted molar refractivity (Wildman–Crippen MR) is 116 cm³/mol. The maximum Gasteiger partial charge on any atom is 0.261 e. The van der Waals surface area contributed by atoms with Crippen molar-refractivity contribution in [1.82, 2.24) is 15.1 Å². The van der Waals surface area contributed by atoms with Crippen molar-refractivity contribution in [2.75, 3.05) is 19.6 Å². The number of carbonyl (C=O) groups is 3. The van der Waals surface area contributed by atoms with E-state index in [4.69, 9.17) is 0 Å². The molecular formula is C23H27N3O3S. The number of nitrogens with one attached hydrogen (secondary N) is 1. The maximum absolute atomic E-state index is 13.0. The van der Waals surface area contributed by atoms with E-state index in [-0.39, 0.29) is 42.1 Å². The van der Waals surface area contributed by atoms with E-state index in [0.717, 1.165) is 18.4 Å². The zero-order valence-electron chi connectivity index (χ0n) is 17.1. The molecule has 0 spiro atoms. The van der Waals surface area contributed by atoms with E-state index >= 15 is 0 Å². The molecule has 0 radical (unpaired) electrons. The van der Waals surface area contributed by atoms with Crippen LogP contribution in [-0.4, -0.2) is 53.2 Å². The second-order valence-corrected chi connectivity index (χ2v) is 9.03. The van der Waals surface area contributed by atoms with Crippen molar-refractivity contribution in [3.63, 3.8) is 0 Å². The van der Waals surface area contributed by atoms with Crippen molar-refractivity contribution in [2.24, 2.45) is 5.92 Å². The van der Waals surface area contributed by atoms with E-state index in [1.165, 1.54) is 11.3 Å². The fourth-order valence-electron chi connectivity index (χ4n) is 4.35. The van der Waals surface area contributed by atoms with Crippen LogP contribution in [0.15, 0.2) is 47.8 Å². The first-order valence-electron chi connectivity index (χ1n) is 10.5. The van der Waals surface area contributed by atoms with Crippen LogP contribution in [0, 0.1) is 5.92 Å². The Labute approximate surface area is 180 Å². The van der Waals surface area contributed by atoms with Crippen LogP contribution in [0.4, 0.5) is 0 Å². The highest BCUT2D eigenvalue weighted by Gasteiger charge is 2.39. The van der Waals surface area contributed by atoms with Gasteiger partial charge in [-0.1, -0.05) is 36.4 Å². The van der Waals surface area contributed by atoms with Gasteiger partial charge in [0.1, 0.15) is 0 Å². The molecule has 7 heteroatoms. The average Bonchev–Trinajstić information content (AvgIpc) is 3.44. The third-order valence-electron chi connectivity index (χ3n) is 6.14. The van der Waals surface area contributed by atoms with Gasteiger partial charge in [0, 0.05) is 32.1 Å². The molecule has 3 amide bonds.